The molecule has 0 bridgehead atoms. The molecule has 0 saturated carbocycles. The number of anilines is 2. The number of fused-ring (bicyclic) bond motifs is 1. The average Bonchev–Trinajstić information content (AvgIpc) is 3.24. The SMILES string of the molecule is CCCCCN1CCC(c2c[nH]c3ccc(NC(=S)Nc4ccc(OCC)cc4)cc23)CC1. The highest BCUT2D eigenvalue weighted by Gasteiger charge is 2.22. The van der Waals surface area contributed by atoms with Gasteiger partial charge in [0.05, 0.1) is 6.61 Å². The molecule has 33 heavy (non-hydrogen) atoms. The molecule has 2 aromatic carbocycles. The Labute approximate surface area is 202 Å². The molecule has 0 amide bonds. The van der Waals surface area contributed by atoms with Crippen LogP contribution in [0.4, 0.5) is 11.4 Å². The van der Waals surface area contributed by atoms with Crippen LogP contribution < -0.4 is 15.4 Å². The Morgan fingerprint density at radius 2 is 1.76 bits per heavy atom. The van der Waals surface area contributed by atoms with Crippen LogP contribution in [-0.4, -0.2) is 41.2 Å². The predicted molar refractivity (Wildman–Crippen MR) is 144 cm³/mol. The van der Waals surface area contributed by atoms with Gasteiger partial charge in [0.1, 0.15) is 5.75 Å². The third-order valence-electron chi connectivity index (χ3n) is 6.50. The van der Waals surface area contributed by atoms with E-state index in [-0.39, 0.29) is 0 Å². The van der Waals surface area contributed by atoms with Crippen molar-refractivity contribution in [3.8, 4) is 5.75 Å². The lowest BCUT2D eigenvalue weighted by molar-refractivity contribution is 0.209. The fraction of sp³-hybridized carbons (Fsp3) is 0.444. The summed E-state index contributed by atoms with van der Waals surface area (Å²) >= 11 is 5.55. The summed E-state index contributed by atoms with van der Waals surface area (Å²) in [4.78, 5) is 6.11. The summed E-state index contributed by atoms with van der Waals surface area (Å²) in [6.45, 7) is 8.57. The van der Waals surface area contributed by atoms with Crippen molar-refractivity contribution in [1.29, 1.82) is 0 Å². The number of rotatable bonds is 9. The van der Waals surface area contributed by atoms with Crippen molar-refractivity contribution in [2.24, 2.45) is 0 Å². The second kappa shape index (κ2) is 11.5. The molecular formula is C27H36N4OS. The average molecular weight is 465 g/mol. The van der Waals surface area contributed by atoms with Gasteiger partial charge in [-0.2, -0.15) is 0 Å². The van der Waals surface area contributed by atoms with Gasteiger partial charge in [-0.15, -0.1) is 0 Å². The molecule has 0 atom stereocenters. The van der Waals surface area contributed by atoms with Gasteiger partial charge in [-0.05, 0) is 112 Å². The van der Waals surface area contributed by atoms with Crippen LogP contribution in [0.25, 0.3) is 10.9 Å². The van der Waals surface area contributed by atoms with Crippen molar-refractivity contribution >= 4 is 39.6 Å². The van der Waals surface area contributed by atoms with Crippen LogP contribution in [0.2, 0.25) is 0 Å². The molecule has 1 aliphatic rings. The Morgan fingerprint density at radius 1 is 1.03 bits per heavy atom. The minimum absolute atomic E-state index is 0.580. The van der Waals surface area contributed by atoms with Crippen LogP contribution in [0.1, 0.15) is 57.4 Å². The van der Waals surface area contributed by atoms with Crippen LogP contribution in [0.3, 0.4) is 0 Å². The van der Waals surface area contributed by atoms with Gasteiger partial charge in [-0.25, -0.2) is 0 Å². The summed E-state index contributed by atoms with van der Waals surface area (Å²) in [5, 5.41) is 8.48. The first-order chi connectivity index (χ1) is 16.2. The fourth-order valence-electron chi connectivity index (χ4n) is 4.71. The second-order valence-electron chi connectivity index (χ2n) is 8.86. The molecule has 3 aromatic rings. The van der Waals surface area contributed by atoms with E-state index in [2.05, 4.69) is 51.8 Å². The van der Waals surface area contributed by atoms with Crippen LogP contribution >= 0.6 is 12.2 Å². The highest BCUT2D eigenvalue weighted by molar-refractivity contribution is 7.80. The highest BCUT2D eigenvalue weighted by atomic mass is 32.1. The topological polar surface area (TPSA) is 52.3 Å². The zero-order chi connectivity index (χ0) is 23.0. The van der Waals surface area contributed by atoms with Gasteiger partial charge in [0.25, 0.3) is 0 Å². The van der Waals surface area contributed by atoms with E-state index in [1.54, 1.807) is 0 Å². The van der Waals surface area contributed by atoms with Crippen LogP contribution in [0, 0.1) is 0 Å². The number of hydrogen-bond donors (Lipinski definition) is 3. The molecular weight excluding hydrogens is 428 g/mol. The monoisotopic (exact) mass is 464 g/mol. The highest BCUT2D eigenvalue weighted by Crippen LogP contribution is 2.34. The first kappa shape index (κ1) is 23.6. The number of hydrogen-bond acceptors (Lipinski definition) is 3. The van der Waals surface area contributed by atoms with E-state index >= 15 is 0 Å². The standard InChI is InChI=1S/C27H36N4OS/c1-3-5-6-15-31-16-13-20(14-17-31)25-19-28-26-12-9-22(18-24(25)26)30-27(33)29-21-7-10-23(11-8-21)32-4-2/h7-12,18-20,28H,3-6,13-17H2,1-2H3,(H2,29,30,33). The normalized spacial score (nSPS) is 15.0. The number of unbranched alkanes of at least 4 members (excludes halogenated alkanes) is 2. The summed E-state index contributed by atoms with van der Waals surface area (Å²) in [5.41, 5.74) is 4.56. The lowest BCUT2D eigenvalue weighted by atomic mass is 9.89. The first-order valence-electron chi connectivity index (χ1n) is 12.3. The lowest BCUT2D eigenvalue weighted by Crippen LogP contribution is -2.33. The van der Waals surface area contributed by atoms with E-state index in [1.807, 2.05) is 31.2 Å². The Hall–Kier alpha value is -2.57. The lowest BCUT2D eigenvalue weighted by Gasteiger charge is -2.32. The maximum absolute atomic E-state index is 5.55. The molecule has 1 fully saturated rings. The number of benzene rings is 2. The Balaban J connectivity index is 1.37. The molecule has 0 spiro atoms. The van der Waals surface area contributed by atoms with Crippen molar-refractivity contribution in [3.63, 3.8) is 0 Å². The quantitative estimate of drug-likeness (QED) is 0.242. The number of thiocarbonyl (C=S) groups is 1. The van der Waals surface area contributed by atoms with E-state index < -0.39 is 0 Å². The van der Waals surface area contributed by atoms with Crippen molar-refractivity contribution in [2.75, 3.05) is 36.9 Å². The molecule has 0 unspecified atom stereocenters. The van der Waals surface area contributed by atoms with Crippen molar-refractivity contribution < 1.29 is 4.74 Å². The summed E-state index contributed by atoms with van der Waals surface area (Å²) in [6.07, 6.45) is 8.63. The predicted octanol–water partition coefficient (Wildman–Crippen LogP) is 6.75. The van der Waals surface area contributed by atoms with Gasteiger partial charge < -0.3 is 25.3 Å². The Morgan fingerprint density at radius 3 is 2.48 bits per heavy atom. The summed E-state index contributed by atoms with van der Waals surface area (Å²) in [7, 11) is 0. The Kier molecular flexibility index (Phi) is 8.24. The number of H-pyrrole nitrogens is 1. The molecule has 4 rings (SSSR count). The maximum atomic E-state index is 5.55. The molecule has 1 aliphatic heterocycles. The van der Waals surface area contributed by atoms with Crippen molar-refractivity contribution in [1.82, 2.24) is 9.88 Å². The molecule has 2 heterocycles. The number of aromatic nitrogens is 1. The zero-order valence-corrected chi connectivity index (χ0v) is 20.6. The largest absolute Gasteiger partial charge is 0.494 e. The number of nitrogens with zero attached hydrogens (tertiary/aromatic N) is 1. The van der Waals surface area contributed by atoms with E-state index in [4.69, 9.17) is 17.0 Å². The second-order valence-corrected chi connectivity index (χ2v) is 9.27. The van der Waals surface area contributed by atoms with Gasteiger partial charge in [-0.3, -0.25) is 0 Å². The summed E-state index contributed by atoms with van der Waals surface area (Å²) in [6, 6.07) is 14.3. The number of aromatic amines is 1. The van der Waals surface area contributed by atoms with Crippen LogP contribution in [-0.2, 0) is 0 Å². The molecule has 5 nitrogen and oxygen atoms in total. The van der Waals surface area contributed by atoms with Gasteiger partial charge in [0, 0.05) is 28.5 Å². The number of ether oxygens (including phenoxy) is 1. The number of likely N-dealkylation sites (tertiary alicyclic amines) is 1. The third kappa shape index (κ3) is 6.27. The number of piperidine rings is 1. The molecule has 1 saturated heterocycles. The molecule has 1 aromatic heterocycles. The first-order valence-corrected chi connectivity index (χ1v) is 12.7. The molecule has 0 radical (unpaired) electrons. The summed E-state index contributed by atoms with van der Waals surface area (Å²) in [5.74, 6) is 1.48. The van der Waals surface area contributed by atoms with E-state index in [1.165, 1.54) is 68.2 Å². The minimum Gasteiger partial charge on any atom is -0.494 e. The minimum atomic E-state index is 0.580. The molecule has 6 heteroatoms. The zero-order valence-electron chi connectivity index (χ0n) is 19.8. The molecule has 0 aliphatic carbocycles. The Bertz CT molecular complexity index is 1040. The van der Waals surface area contributed by atoms with Crippen molar-refractivity contribution in [3.05, 3.63) is 54.2 Å². The van der Waals surface area contributed by atoms with Gasteiger partial charge >= 0.3 is 0 Å². The van der Waals surface area contributed by atoms with Crippen LogP contribution in [0.5, 0.6) is 5.75 Å². The van der Waals surface area contributed by atoms with E-state index in [0.29, 0.717) is 17.6 Å². The van der Waals surface area contributed by atoms with Crippen LogP contribution in [0.15, 0.2) is 48.7 Å². The van der Waals surface area contributed by atoms with Gasteiger partial charge in [0.2, 0.25) is 0 Å². The summed E-state index contributed by atoms with van der Waals surface area (Å²) < 4.78 is 5.50. The third-order valence-corrected chi connectivity index (χ3v) is 6.70. The molecule has 3 N–H and O–H groups in total. The molecule has 176 valence electrons. The van der Waals surface area contributed by atoms with E-state index in [0.717, 1.165) is 17.1 Å². The van der Waals surface area contributed by atoms with Gasteiger partial charge in [-0.1, -0.05) is 19.8 Å². The fourth-order valence-corrected chi connectivity index (χ4v) is 4.94. The van der Waals surface area contributed by atoms with Gasteiger partial charge in [0.15, 0.2) is 5.11 Å². The smallest absolute Gasteiger partial charge is 0.175 e. The van der Waals surface area contributed by atoms with E-state index in [9.17, 15) is 0 Å². The van der Waals surface area contributed by atoms with Crippen molar-refractivity contribution in [2.45, 2.75) is 51.9 Å². The number of nitrogens with one attached hydrogen (secondary N) is 3. The maximum Gasteiger partial charge on any atom is 0.175 e.